The number of nitrogens with zero attached hydrogens (tertiary/aromatic N) is 1. The third-order valence-corrected chi connectivity index (χ3v) is 2.28. The predicted octanol–water partition coefficient (Wildman–Crippen LogP) is 1.32. The van der Waals surface area contributed by atoms with Gasteiger partial charge >= 0.3 is 0 Å². The van der Waals surface area contributed by atoms with Gasteiger partial charge < -0.3 is 10.0 Å². The first-order valence-corrected chi connectivity index (χ1v) is 5.34. The third-order valence-electron chi connectivity index (χ3n) is 2.28. The highest BCUT2D eigenvalue weighted by atomic mass is 19.3. The Balaban J connectivity index is 2.59. The summed E-state index contributed by atoms with van der Waals surface area (Å²) in [5.41, 5.74) is 0.773. The fraction of sp³-hybridized carbons (Fsp3) is 0.417. The molecular formula is C12H15F2NO2. The van der Waals surface area contributed by atoms with Gasteiger partial charge in [0, 0.05) is 6.54 Å². The molecule has 0 aliphatic carbocycles. The van der Waals surface area contributed by atoms with E-state index in [2.05, 4.69) is 0 Å². The van der Waals surface area contributed by atoms with Gasteiger partial charge in [-0.05, 0) is 5.56 Å². The first-order chi connectivity index (χ1) is 8.13. The van der Waals surface area contributed by atoms with Crippen molar-refractivity contribution >= 4 is 5.91 Å². The molecule has 0 radical (unpaired) electrons. The van der Waals surface area contributed by atoms with Crippen molar-refractivity contribution < 1.29 is 18.7 Å². The smallest absolute Gasteiger partial charge is 0.255 e. The van der Waals surface area contributed by atoms with Gasteiger partial charge in [-0.1, -0.05) is 30.3 Å². The third kappa shape index (κ3) is 4.91. The topological polar surface area (TPSA) is 40.5 Å². The molecule has 0 aromatic heterocycles. The summed E-state index contributed by atoms with van der Waals surface area (Å²) >= 11 is 0. The number of alkyl halides is 2. The van der Waals surface area contributed by atoms with Crippen molar-refractivity contribution in [2.45, 2.75) is 12.8 Å². The average Bonchev–Trinajstić information content (AvgIpc) is 2.29. The molecule has 0 saturated heterocycles. The van der Waals surface area contributed by atoms with Gasteiger partial charge in [0.15, 0.2) is 0 Å². The number of carbonyl (C=O) groups excluding carboxylic acids is 1. The molecule has 1 N–H and O–H groups in total. The van der Waals surface area contributed by atoms with Gasteiger partial charge in [-0.3, -0.25) is 4.79 Å². The number of amides is 1. The van der Waals surface area contributed by atoms with E-state index in [1.165, 1.54) is 0 Å². The minimum Gasteiger partial charge on any atom is -0.395 e. The second kappa shape index (κ2) is 6.96. The number of aliphatic hydroxyl groups excluding tert-OH is 1. The molecule has 0 spiro atoms. The number of benzene rings is 1. The lowest BCUT2D eigenvalue weighted by atomic mass is 10.1. The van der Waals surface area contributed by atoms with E-state index >= 15 is 0 Å². The number of rotatable bonds is 6. The Kier molecular flexibility index (Phi) is 5.56. The summed E-state index contributed by atoms with van der Waals surface area (Å²) in [5.74, 6) is -0.398. The normalized spacial score (nSPS) is 10.6. The van der Waals surface area contributed by atoms with Crippen molar-refractivity contribution in [2.24, 2.45) is 0 Å². The summed E-state index contributed by atoms with van der Waals surface area (Å²) in [6.07, 6.45) is -2.51. The Morgan fingerprint density at radius 2 is 1.94 bits per heavy atom. The van der Waals surface area contributed by atoms with E-state index < -0.39 is 18.9 Å². The van der Waals surface area contributed by atoms with E-state index in [1.54, 1.807) is 24.3 Å². The van der Waals surface area contributed by atoms with Crippen LogP contribution in [0.25, 0.3) is 0 Å². The number of hydrogen-bond donors (Lipinski definition) is 1. The molecule has 1 aromatic rings. The minimum atomic E-state index is -2.58. The maximum atomic E-state index is 12.2. The van der Waals surface area contributed by atoms with Crippen LogP contribution in [0.4, 0.5) is 8.78 Å². The quantitative estimate of drug-likeness (QED) is 0.818. The van der Waals surface area contributed by atoms with E-state index in [-0.39, 0.29) is 19.6 Å². The molecule has 0 unspecified atom stereocenters. The maximum absolute atomic E-state index is 12.2. The zero-order valence-electron chi connectivity index (χ0n) is 9.35. The van der Waals surface area contributed by atoms with Crippen LogP contribution in [0.3, 0.4) is 0 Å². The molecule has 0 bridgehead atoms. The Bertz CT molecular complexity index is 344. The summed E-state index contributed by atoms with van der Waals surface area (Å²) in [6, 6.07) is 8.91. The molecule has 0 aliphatic heterocycles. The fourth-order valence-electron chi connectivity index (χ4n) is 1.49. The zero-order valence-corrected chi connectivity index (χ0v) is 9.35. The van der Waals surface area contributed by atoms with Gasteiger partial charge in [-0.2, -0.15) is 0 Å². The number of aliphatic hydroxyl groups is 1. The van der Waals surface area contributed by atoms with Crippen LogP contribution in [0, 0.1) is 0 Å². The van der Waals surface area contributed by atoms with E-state index in [0.29, 0.717) is 0 Å². The first-order valence-electron chi connectivity index (χ1n) is 5.34. The second-order valence-electron chi connectivity index (χ2n) is 3.62. The van der Waals surface area contributed by atoms with Gasteiger partial charge in [-0.15, -0.1) is 0 Å². The van der Waals surface area contributed by atoms with Crippen molar-refractivity contribution in [1.82, 2.24) is 4.90 Å². The average molecular weight is 243 g/mol. The monoisotopic (exact) mass is 243 g/mol. The van der Waals surface area contributed by atoms with Crippen LogP contribution < -0.4 is 0 Å². The summed E-state index contributed by atoms with van der Waals surface area (Å²) in [4.78, 5) is 12.7. The molecule has 0 aliphatic rings. The Hall–Kier alpha value is -1.49. The van der Waals surface area contributed by atoms with Crippen LogP contribution in [0.15, 0.2) is 30.3 Å². The SMILES string of the molecule is O=C(Cc1ccccc1)N(CCO)CC(F)F. The van der Waals surface area contributed by atoms with E-state index in [1.807, 2.05) is 6.07 Å². The maximum Gasteiger partial charge on any atom is 0.255 e. The largest absolute Gasteiger partial charge is 0.395 e. The van der Waals surface area contributed by atoms with Gasteiger partial charge in [0.1, 0.15) is 0 Å². The lowest BCUT2D eigenvalue weighted by molar-refractivity contribution is -0.133. The molecule has 1 amide bonds. The van der Waals surface area contributed by atoms with Crippen molar-refractivity contribution in [3.63, 3.8) is 0 Å². The predicted molar refractivity (Wildman–Crippen MR) is 59.8 cm³/mol. The van der Waals surface area contributed by atoms with Gasteiger partial charge in [0.25, 0.3) is 6.43 Å². The van der Waals surface area contributed by atoms with Crippen LogP contribution in [0.1, 0.15) is 5.56 Å². The van der Waals surface area contributed by atoms with Crippen LogP contribution in [-0.4, -0.2) is 42.0 Å². The number of hydrogen-bond acceptors (Lipinski definition) is 2. The summed E-state index contributed by atoms with van der Waals surface area (Å²) in [7, 11) is 0. The Morgan fingerprint density at radius 1 is 1.29 bits per heavy atom. The molecule has 0 atom stereocenters. The van der Waals surface area contributed by atoms with E-state index in [9.17, 15) is 13.6 Å². The standard InChI is InChI=1S/C12H15F2NO2/c13-11(14)9-15(6-7-16)12(17)8-10-4-2-1-3-5-10/h1-5,11,16H,6-9H2. The van der Waals surface area contributed by atoms with Crippen molar-refractivity contribution in [2.75, 3.05) is 19.7 Å². The van der Waals surface area contributed by atoms with E-state index in [0.717, 1.165) is 10.5 Å². The first kappa shape index (κ1) is 13.6. The van der Waals surface area contributed by atoms with Gasteiger partial charge in [0.05, 0.1) is 19.6 Å². The zero-order chi connectivity index (χ0) is 12.7. The molecule has 1 aromatic carbocycles. The Labute approximate surface area is 98.7 Å². The van der Waals surface area contributed by atoms with E-state index in [4.69, 9.17) is 5.11 Å². The molecule has 1 rings (SSSR count). The summed E-state index contributed by atoms with van der Waals surface area (Å²) in [6.45, 7) is -1.00. The molecule has 5 heteroatoms. The number of carbonyl (C=O) groups is 1. The highest BCUT2D eigenvalue weighted by Crippen LogP contribution is 2.05. The van der Waals surface area contributed by atoms with Crippen LogP contribution in [0.5, 0.6) is 0 Å². The Morgan fingerprint density at radius 3 is 2.47 bits per heavy atom. The minimum absolute atomic E-state index is 0.0595. The van der Waals surface area contributed by atoms with Crippen molar-refractivity contribution in [3.8, 4) is 0 Å². The van der Waals surface area contributed by atoms with Gasteiger partial charge in [0.2, 0.25) is 5.91 Å². The molecule has 17 heavy (non-hydrogen) atoms. The van der Waals surface area contributed by atoms with Gasteiger partial charge in [-0.25, -0.2) is 8.78 Å². The molecule has 94 valence electrons. The van der Waals surface area contributed by atoms with Crippen LogP contribution in [0.2, 0.25) is 0 Å². The highest BCUT2D eigenvalue weighted by molar-refractivity contribution is 5.78. The van der Waals surface area contributed by atoms with Crippen molar-refractivity contribution in [1.29, 1.82) is 0 Å². The summed E-state index contributed by atoms with van der Waals surface area (Å²) < 4.78 is 24.5. The highest BCUT2D eigenvalue weighted by Gasteiger charge is 2.17. The van der Waals surface area contributed by atoms with Crippen LogP contribution in [-0.2, 0) is 11.2 Å². The summed E-state index contributed by atoms with van der Waals surface area (Å²) in [5, 5.41) is 8.73. The molecule has 0 fully saturated rings. The van der Waals surface area contributed by atoms with Crippen LogP contribution >= 0.6 is 0 Å². The molecule has 0 saturated carbocycles. The molecular weight excluding hydrogens is 228 g/mol. The van der Waals surface area contributed by atoms with Crippen molar-refractivity contribution in [3.05, 3.63) is 35.9 Å². The molecule has 3 nitrogen and oxygen atoms in total. The fourth-order valence-corrected chi connectivity index (χ4v) is 1.49. The second-order valence-corrected chi connectivity index (χ2v) is 3.62. The lowest BCUT2D eigenvalue weighted by Gasteiger charge is -2.21. The number of halogens is 2. The molecule has 0 heterocycles. The lowest BCUT2D eigenvalue weighted by Crippen LogP contribution is -2.38.